The molecule has 150 valence electrons. The van der Waals surface area contributed by atoms with Crippen LogP contribution in [0.1, 0.15) is 33.4 Å². The van der Waals surface area contributed by atoms with E-state index in [0.29, 0.717) is 5.69 Å². The molecule has 0 radical (unpaired) electrons. The molecule has 0 bridgehead atoms. The van der Waals surface area contributed by atoms with Crippen LogP contribution >= 0.6 is 0 Å². The zero-order chi connectivity index (χ0) is 20.9. The summed E-state index contributed by atoms with van der Waals surface area (Å²) < 4.78 is 6.90. The van der Waals surface area contributed by atoms with Gasteiger partial charge in [0.1, 0.15) is 5.75 Å². The molecule has 4 aromatic rings. The van der Waals surface area contributed by atoms with Crippen molar-refractivity contribution in [1.29, 1.82) is 0 Å². The fourth-order valence-electron chi connectivity index (χ4n) is 3.26. The molecule has 2 heterocycles. The zero-order valence-electron chi connectivity index (χ0n) is 16.7. The lowest BCUT2D eigenvalue weighted by Crippen LogP contribution is -2.30. The molecule has 1 unspecified atom stereocenters. The number of ether oxygens (including phenoxy) is 1. The number of para-hydroxylation sites is 1. The second-order valence-corrected chi connectivity index (χ2v) is 6.73. The smallest absolute Gasteiger partial charge is 0.274 e. The van der Waals surface area contributed by atoms with Crippen molar-refractivity contribution in [1.82, 2.24) is 25.3 Å². The van der Waals surface area contributed by atoms with E-state index in [-0.39, 0.29) is 17.6 Å². The van der Waals surface area contributed by atoms with Gasteiger partial charge in [0.2, 0.25) is 0 Å². The number of aromatic nitrogens is 4. The second kappa shape index (κ2) is 8.57. The highest BCUT2D eigenvalue weighted by Crippen LogP contribution is 2.24. The van der Waals surface area contributed by atoms with Gasteiger partial charge in [0.25, 0.3) is 5.91 Å². The maximum atomic E-state index is 13.1. The Morgan fingerprint density at radius 2 is 1.63 bits per heavy atom. The summed E-state index contributed by atoms with van der Waals surface area (Å²) in [7, 11) is 1.62. The average Bonchev–Trinajstić information content (AvgIpc) is 3.20. The highest BCUT2D eigenvalue weighted by molar-refractivity contribution is 5.93. The fraction of sp³-hybridized carbons (Fsp3) is 0.130. The normalized spacial score (nSPS) is 11.7. The van der Waals surface area contributed by atoms with E-state index < -0.39 is 0 Å². The molecule has 0 saturated carbocycles. The van der Waals surface area contributed by atoms with Gasteiger partial charge in [-0.15, -0.1) is 5.10 Å². The zero-order valence-corrected chi connectivity index (χ0v) is 16.7. The lowest BCUT2D eigenvalue weighted by Gasteiger charge is -2.19. The van der Waals surface area contributed by atoms with Crippen molar-refractivity contribution in [3.05, 3.63) is 102 Å². The number of methoxy groups -OCH3 is 1. The average molecular weight is 399 g/mol. The summed E-state index contributed by atoms with van der Waals surface area (Å²) in [5.74, 6) is 0.451. The van der Waals surface area contributed by atoms with Gasteiger partial charge in [-0.1, -0.05) is 35.5 Å². The predicted molar refractivity (Wildman–Crippen MR) is 113 cm³/mol. The molecule has 0 aliphatic heterocycles. The van der Waals surface area contributed by atoms with Crippen molar-refractivity contribution in [2.24, 2.45) is 0 Å². The van der Waals surface area contributed by atoms with Crippen molar-refractivity contribution < 1.29 is 9.53 Å². The topological polar surface area (TPSA) is 81.9 Å². The third-order valence-electron chi connectivity index (χ3n) is 4.87. The quantitative estimate of drug-likeness (QED) is 0.537. The van der Waals surface area contributed by atoms with Crippen LogP contribution in [0.5, 0.6) is 5.75 Å². The molecule has 30 heavy (non-hydrogen) atoms. The van der Waals surface area contributed by atoms with E-state index in [2.05, 4.69) is 20.6 Å². The van der Waals surface area contributed by atoms with Crippen LogP contribution in [0.4, 0.5) is 0 Å². The van der Waals surface area contributed by atoms with Crippen molar-refractivity contribution in [2.75, 3.05) is 7.11 Å². The maximum Gasteiger partial charge on any atom is 0.274 e. The molecule has 0 aliphatic rings. The first-order chi connectivity index (χ1) is 14.7. The Balaban J connectivity index is 1.65. The Labute approximate surface area is 174 Å². The molecular formula is C23H21N5O2. The van der Waals surface area contributed by atoms with Crippen molar-refractivity contribution in [3.8, 4) is 11.4 Å². The van der Waals surface area contributed by atoms with Crippen LogP contribution in [-0.2, 0) is 0 Å². The summed E-state index contributed by atoms with van der Waals surface area (Å²) in [6.07, 6.45) is 3.41. The molecule has 1 N–H and O–H groups in total. The summed E-state index contributed by atoms with van der Waals surface area (Å²) >= 11 is 0. The van der Waals surface area contributed by atoms with E-state index in [9.17, 15) is 4.79 Å². The molecule has 0 fully saturated rings. The lowest BCUT2D eigenvalue weighted by atomic mass is 9.99. The van der Waals surface area contributed by atoms with Gasteiger partial charge in [-0.05, 0) is 54.4 Å². The van der Waals surface area contributed by atoms with Gasteiger partial charge < -0.3 is 10.1 Å². The molecule has 4 rings (SSSR count). The number of nitrogens with zero attached hydrogens (tertiary/aromatic N) is 4. The van der Waals surface area contributed by atoms with Crippen LogP contribution in [0.15, 0.2) is 79.1 Å². The minimum atomic E-state index is -0.368. The van der Waals surface area contributed by atoms with Crippen LogP contribution in [-0.4, -0.2) is 33.0 Å². The number of carbonyl (C=O) groups excluding carboxylic acids is 1. The summed E-state index contributed by atoms with van der Waals surface area (Å²) in [5.41, 5.74) is 3.63. The number of nitrogens with one attached hydrogen (secondary N) is 1. The van der Waals surface area contributed by atoms with E-state index in [1.807, 2.05) is 73.7 Å². The third-order valence-corrected chi connectivity index (χ3v) is 4.87. The van der Waals surface area contributed by atoms with Gasteiger partial charge in [0.05, 0.1) is 24.5 Å². The van der Waals surface area contributed by atoms with Crippen LogP contribution < -0.4 is 10.1 Å². The first-order valence-corrected chi connectivity index (χ1v) is 9.50. The predicted octanol–water partition coefficient (Wildman–Crippen LogP) is 3.50. The van der Waals surface area contributed by atoms with Gasteiger partial charge in [0, 0.05) is 12.4 Å². The fourth-order valence-corrected chi connectivity index (χ4v) is 3.26. The van der Waals surface area contributed by atoms with E-state index in [1.165, 1.54) is 0 Å². The highest BCUT2D eigenvalue weighted by Gasteiger charge is 2.22. The van der Waals surface area contributed by atoms with Crippen LogP contribution in [0, 0.1) is 6.92 Å². The molecule has 7 nitrogen and oxygen atoms in total. The summed E-state index contributed by atoms with van der Waals surface area (Å²) in [6, 6.07) is 20.6. The highest BCUT2D eigenvalue weighted by atomic mass is 16.5. The SMILES string of the molecule is COc1ccc(C(NC(=O)c2nnn(-c3ccccc3)c2C)c2ccncc2)cc1. The Kier molecular flexibility index (Phi) is 5.52. The van der Waals surface area contributed by atoms with Gasteiger partial charge in [0.15, 0.2) is 5.69 Å². The third kappa shape index (κ3) is 3.91. The molecule has 2 aromatic carbocycles. The Morgan fingerprint density at radius 1 is 0.967 bits per heavy atom. The number of rotatable bonds is 6. The first kappa shape index (κ1) is 19.3. The van der Waals surface area contributed by atoms with Crippen molar-refractivity contribution in [2.45, 2.75) is 13.0 Å². The minimum Gasteiger partial charge on any atom is -0.497 e. The molecule has 1 atom stereocenters. The molecular weight excluding hydrogens is 378 g/mol. The standard InChI is InChI=1S/C23H21N5O2/c1-16-21(26-27-28(16)19-6-4-3-5-7-19)23(29)25-22(18-12-14-24-15-13-18)17-8-10-20(30-2)11-9-17/h3-15,22H,1-2H3,(H,25,29). The molecule has 0 saturated heterocycles. The monoisotopic (exact) mass is 399 g/mol. The maximum absolute atomic E-state index is 13.1. The summed E-state index contributed by atoms with van der Waals surface area (Å²) in [4.78, 5) is 17.2. The van der Waals surface area contributed by atoms with Crippen LogP contribution in [0.3, 0.4) is 0 Å². The molecule has 0 spiro atoms. The number of carbonyl (C=O) groups is 1. The van der Waals surface area contributed by atoms with Crippen molar-refractivity contribution in [3.63, 3.8) is 0 Å². The van der Waals surface area contributed by atoms with E-state index in [4.69, 9.17) is 4.74 Å². The number of hydrogen-bond acceptors (Lipinski definition) is 5. The van der Waals surface area contributed by atoms with Crippen LogP contribution in [0.2, 0.25) is 0 Å². The first-order valence-electron chi connectivity index (χ1n) is 9.50. The lowest BCUT2D eigenvalue weighted by molar-refractivity contribution is 0.0937. The van der Waals surface area contributed by atoms with E-state index in [1.54, 1.807) is 24.2 Å². The summed E-state index contributed by atoms with van der Waals surface area (Å²) in [6.45, 7) is 1.83. The molecule has 0 aliphatic carbocycles. The number of pyridine rings is 1. The van der Waals surface area contributed by atoms with E-state index in [0.717, 1.165) is 22.6 Å². The van der Waals surface area contributed by atoms with Gasteiger partial charge in [-0.25, -0.2) is 4.68 Å². The van der Waals surface area contributed by atoms with E-state index >= 15 is 0 Å². The van der Waals surface area contributed by atoms with Crippen LogP contribution in [0.25, 0.3) is 5.69 Å². The molecule has 7 heteroatoms. The largest absolute Gasteiger partial charge is 0.497 e. The minimum absolute atomic E-state index is 0.284. The number of hydrogen-bond donors (Lipinski definition) is 1. The van der Waals surface area contributed by atoms with Gasteiger partial charge in [-0.3, -0.25) is 9.78 Å². The number of amides is 1. The molecule has 1 amide bonds. The Morgan fingerprint density at radius 3 is 2.30 bits per heavy atom. The summed E-state index contributed by atoms with van der Waals surface area (Å²) in [5, 5.41) is 11.4. The van der Waals surface area contributed by atoms with Crippen molar-refractivity contribution >= 4 is 5.91 Å². The Hall–Kier alpha value is -4.00. The molecule has 2 aromatic heterocycles. The number of benzene rings is 2. The Bertz CT molecular complexity index is 1130. The van der Waals surface area contributed by atoms with Gasteiger partial charge in [-0.2, -0.15) is 0 Å². The van der Waals surface area contributed by atoms with Gasteiger partial charge >= 0.3 is 0 Å². The second-order valence-electron chi connectivity index (χ2n) is 6.73.